The Morgan fingerprint density at radius 1 is 1.32 bits per heavy atom. The summed E-state index contributed by atoms with van der Waals surface area (Å²) in [6, 6.07) is 2.46. The highest BCUT2D eigenvalue weighted by Crippen LogP contribution is 2.36. The third kappa shape index (κ3) is 4.00. The van der Waals surface area contributed by atoms with Gasteiger partial charge in [-0.2, -0.15) is 0 Å². The van der Waals surface area contributed by atoms with Crippen LogP contribution in [0.1, 0.15) is 19.3 Å². The van der Waals surface area contributed by atoms with Crippen LogP contribution < -0.4 is 0 Å². The molecule has 2 rings (SSSR count). The van der Waals surface area contributed by atoms with Crippen molar-refractivity contribution in [2.45, 2.75) is 30.2 Å². The maximum absolute atomic E-state index is 12.1. The number of hydrogen-bond acceptors (Lipinski definition) is 4. The molecule has 0 bridgehead atoms. The van der Waals surface area contributed by atoms with Crippen LogP contribution in [0.15, 0.2) is 17.0 Å². The minimum atomic E-state index is -0.949. The number of phenols is 1. The van der Waals surface area contributed by atoms with Gasteiger partial charge in [0.15, 0.2) is 5.75 Å². The van der Waals surface area contributed by atoms with E-state index in [0.717, 1.165) is 11.3 Å². The molecule has 1 saturated heterocycles. The van der Waals surface area contributed by atoms with Crippen LogP contribution in [0.5, 0.6) is 5.75 Å². The summed E-state index contributed by atoms with van der Waals surface area (Å²) in [6.07, 6.45) is 1.47. The van der Waals surface area contributed by atoms with Gasteiger partial charge in [0.2, 0.25) is 5.91 Å². The molecule has 0 aromatic heterocycles. The highest BCUT2D eigenvalue weighted by atomic mass is 35.5. The van der Waals surface area contributed by atoms with Crippen molar-refractivity contribution in [3.8, 4) is 5.75 Å². The van der Waals surface area contributed by atoms with E-state index in [9.17, 15) is 14.7 Å². The number of aliphatic carboxylic acids is 1. The molecule has 1 aliphatic rings. The molecule has 0 spiro atoms. The van der Waals surface area contributed by atoms with E-state index in [0.29, 0.717) is 18.7 Å². The second-order valence-corrected chi connectivity index (χ2v) is 6.90. The molecule has 1 aromatic carbocycles. The normalized spacial score (nSPS) is 17.7. The third-order valence-corrected chi connectivity index (χ3v) is 4.99. The predicted molar refractivity (Wildman–Crippen MR) is 85.8 cm³/mol. The van der Waals surface area contributed by atoms with Gasteiger partial charge in [-0.25, -0.2) is 4.79 Å². The maximum Gasteiger partial charge on any atom is 0.326 e. The van der Waals surface area contributed by atoms with Crippen LogP contribution in [-0.4, -0.2) is 45.3 Å². The number of benzene rings is 1. The predicted octanol–water partition coefficient (Wildman–Crippen LogP) is 3.26. The van der Waals surface area contributed by atoms with Gasteiger partial charge >= 0.3 is 5.97 Å². The summed E-state index contributed by atoms with van der Waals surface area (Å²) < 4.78 is 0. The monoisotopic (exact) mass is 363 g/mol. The smallest absolute Gasteiger partial charge is 0.326 e. The van der Waals surface area contributed by atoms with Gasteiger partial charge in [-0.1, -0.05) is 23.2 Å². The zero-order valence-electron chi connectivity index (χ0n) is 11.6. The van der Waals surface area contributed by atoms with Gasteiger partial charge < -0.3 is 15.1 Å². The number of nitrogens with zero attached hydrogens (tertiary/aromatic N) is 1. The Balaban J connectivity index is 1.88. The van der Waals surface area contributed by atoms with Crippen molar-refractivity contribution in [1.29, 1.82) is 0 Å². The van der Waals surface area contributed by atoms with Crippen LogP contribution in [0.3, 0.4) is 0 Å². The lowest BCUT2D eigenvalue weighted by Crippen LogP contribution is -2.40. The van der Waals surface area contributed by atoms with Crippen molar-refractivity contribution in [3.05, 3.63) is 22.2 Å². The maximum atomic E-state index is 12.1. The molecule has 5 nitrogen and oxygen atoms in total. The van der Waals surface area contributed by atoms with Gasteiger partial charge in [-0.05, 0) is 25.0 Å². The number of hydrogen-bond donors (Lipinski definition) is 2. The number of rotatable bonds is 5. The minimum absolute atomic E-state index is 0.159. The Hall–Kier alpha value is -1.11. The van der Waals surface area contributed by atoms with E-state index in [-0.39, 0.29) is 28.1 Å². The number of carboxylic acids is 1. The molecule has 1 amide bonds. The fraction of sp³-hybridized carbons (Fsp3) is 0.429. The fourth-order valence-corrected chi connectivity index (χ4v) is 3.88. The van der Waals surface area contributed by atoms with E-state index in [1.165, 1.54) is 16.7 Å². The number of phenolic OH excluding ortho intramolecular Hbond substituents is 1. The van der Waals surface area contributed by atoms with Crippen molar-refractivity contribution >= 4 is 46.8 Å². The van der Waals surface area contributed by atoms with E-state index in [2.05, 4.69) is 0 Å². The third-order valence-electron chi connectivity index (χ3n) is 3.43. The zero-order valence-corrected chi connectivity index (χ0v) is 13.9. The molecule has 1 heterocycles. The first kappa shape index (κ1) is 17.2. The first-order valence-electron chi connectivity index (χ1n) is 6.73. The van der Waals surface area contributed by atoms with Crippen LogP contribution in [0.25, 0.3) is 0 Å². The van der Waals surface area contributed by atoms with E-state index in [4.69, 9.17) is 28.3 Å². The first-order chi connectivity index (χ1) is 10.4. The Labute approximate surface area is 142 Å². The number of carbonyl (C=O) groups excluding carboxylic acids is 1. The zero-order chi connectivity index (χ0) is 16.3. The van der Waals surface area contributed by atoms with Gasteiger partial charge in [0.05, 0.1) is 10.0 Å². The molecular weight excluding hydrogens is 349 g/mol. The molecule has 0 radical (unpaired) electrons. The van der Waals surface area contributed by atoms with Crippen LogP contribution in [0.2, 0.25) is 10.0 Å². The average molecular weight is 364 g/mol. The summed E-state index contributed by atoms with van der Waals surface area (Å²) >= 11 is 13.0. The SMILES string of the molecule is O=C(O)[C@@H]1CCCN1C(=O)CCSc1cc(Cl)c(O)c(Cl)c1. The lowest BCUT2D eigenvalue weighted by molar-refractivity contribution is -0.148. The van der Waals surface area contributed by atoms with Gasteiger partial charge in [0.25, 0.3) is 0 Å². The Morgan fingerprint density at radius 3 is 2.55 bits per heavy atom. The summed E-state index contributed by atoms with van der Waals surface area (Å²) in [5, 5.41) is 18.9. The van der Waals surface area contributed by atoms with Crippen LogP contribution >= 0.6 is 35.0 Å². The second-order valence-electron chi connectivity index (χ2n) is 4.92. The summed E-state index contributed by atoms with van der Waals surface area (Å²) in [7, 11) is 0. The highest BCUT2D eigenvalue weighted by Gasteiger charge is 2.33. The quantitative estimate of drug-likeness (QED) is 0.785. The van der Waals surface area contributed by atoms with Crippen molar-refractivity contribution in [3.63, 3.8) is 0 Å². The van der Waals surface area contributed by atoms with Gasteiger partial charge in [0, 0.05) is 23.6 Å². The van der Waals surface area contributed by atoms with Crippen LogP contribution in [0.4, 0.5) is 0 Å². The lowest BCUT2D eigenvalue weighted by Gasteiger charge is -2.21. The number of carboxylic acid groups (broad SMARTS) is 1. The van der Waals surface area contributed by atoms with Gasteiger partial charge in [0.1, 0.15) is 6.04 Å². The van der Waals surface area contributed by atoms with Crippen LogP contribution in [-0.2, 0) is 9.59 Å². The fourth-order valence-electron chi connectivity index (χ4n) is 2.35. The average Bonchev–Trinajstić information content (AvgIpc) is 2.94. The standard InChI is InChI=1S/C14H15Cl2NO4S/c15-9-6-8(7-10(16)13(9)19)22-5-3-12(18)17-4-1-2-11(17)14(20)21/h6-7,11,19H,1-5H2,(H,20,21)/t11-/m0/s1. The summed E-state index contributed by atoms with van der Waals surface area (Å²) in [6.45, 7) is 0.497. The minimum Gasteiger partial charge on any atom is -0.505 e. The van der Waals surface area contributed by atoms with Crippen molar-refractivity contribution in [2.75, 3.05) is 12.3 Å². The van der Waals surface area contributed by atoms with E-state index < -0.39 is 12.0 Å². The Morgan fingerprint density at radius 2 is 1.95 bits per heavy atom. The number of likely N-dealkylation sites (tertiary alicyclic amines) is 1. The van der Waals surface area contributed by atoms with E-state index in [1.807, 2.05) is 0 Å². The molecule has 0 unspecified atom stereocenters. The van der Waals surface area contributed by atoms with Crippen molar-refractivity contribution in [2.24, 2.45) is 0 Å². The molecule has 8 heteroatoms. The molecular formula is C14H15Cl2NO4S. The summed E-state index contributed by atoms with van der Waals surface area (Å²) in [4.78, 5) is 25.3. The van der Waals surface area contributed by atoms with Gasteiger partial charge in [-0.3, -0.25) is 4.79 Å². The number of amides is 1. The number of thioether (sulfide) groups is 1. The highest BCUT2D eigenvalue weighted by molar-refractivity contribution is 7.99. The van der Waals surface area contributed by atoms with E-state index >= 15 is 0 Å². The van der Waals surface area contributed by atoms with Crippen LogP contribution in [0, 0.1) is 0 Å². The van der Waals surface area contributed by atoms with Gasteiger partial charge in [-0.15, -0.1) is 11.8 Å². The molecule has 1 aromatic rings. The summed E-state index contributed by atoms with van der Waals surface area (Å²) in [5.41, 5.74) is 0. The lowest BCUT2D eigenvalue weighted by atomic mass is 10.2. The number of halogens is 2. The topological polar surface area (TPSA) is 77.8 Å². The molecule has 120 valence electrons. The number of aromatic hydroxyl groups is 1. The van der Waals surface area contributed by atoms with Crippen molar-refractivity contribution in [1.82, 2.24) is 4.90 Å². The Kier molecular flexibility index (Phi) is 5.83. The molecule has 1 aliphatic heterocycles. The molecule has 0 saturated carbocycles. The molecule has 1 atom stereocenters. The number of carbonyl (C=O) groups is 2. The largest absolute Gasteiger partial charge is 0.505 e. The first-order valence-corrected chi connectivity index (χ1v) is 8.47. The molecule has 2 N–H and O–H groups in total. The summed E-state index contributed by atoms with van der Waals surface area (Å²) in [5.74, 6) is -0.784. The Bertz CT molecular complexity index is 573. The second kappa shape index (κ2) is 7.44. The van der Waals surface area contributed by atoms with Crippen molar-refractivity contribution < 1.29 is 19.8 Å². The molecule has 0 aliphatic carbocycles. The molecule has 22 heavy (non-hydrogen) atoms. The molecule has 1 fully saturated rings. The van der Waals surface area contributed by atoms with E-state index in [1.54, 1.807) is 12.1 Å².